The van der Waals surface area contributed by atoms with Crippen molar-refractivity contribution in [3.63, 3.8) is 0 Å². The van der Waals surface area contributed by atoms with Crippen molar-refractivity contribution in [2.24, 2.45) is 0 Å². The summed E-state index contributed by atoms with van der Waals surface area (Å²) in [7, 11) is 0. The zero-order valence-electron chi connectivity index (χ0n) is 17.0. The van der Waals surface area contributed by atoms with E-state index < -0.39 is 6.04 Å². The lowest BCUT2D eigenvalue weighted by atomic mass is 9.85. The smallest absolute Gasteiger partial charge is 0.322 e. The van der Waals surface area contributed by atoms with Crippen molar-refractivity contribution < 1.29 is 14.4 Å². The number of amides is 4. The van der Waals surface area contributed by atoms with Crippen LogP contribution in [0, 0.1) is 0 Å². The lowest BCUT2D eigenvalue weighted by Crippen LogP contribution is -2.68. The number of hydrogen-bond acceptors (Lipinski definition) is 3. The van der Waals surface area contributed by atoms with Gasteiger partial charge in [0, 0.05) is 22.4 Å². The van der Waals surface area contributed by atoms with Gasteiger partial charge in [-0.15, -0.1) is 0 Å². The number of urea groups is 1. The second-order valence-electron chi connectivity index (χ2n) is 7.95. The summed E-state index contributed by atoms with van der Waals surface area (Å²) >= 11 is 5.98. The second kappa shape index (κ2) is 9.39. The molecule has 0 unspecified atom stereocenters. The first kappa shape index (κ1) is 21.2. The van der Waals surface area contributed by atoms with E-state index in [1.165, 1.54) is 0 Å². The number of carbonyl (C=O) groups is 3. The summed E-state index contributed by atoms with van der Waals surface area (Å²) in [6.07, 6.45) is 3.47. The number of nitrogens with one attached hydrogen (secondary N) is 3. The average molecular weight is 441 g/mol. The van der Waals surface area contributed by atoms with Crippen LogP contribution in [0.1, 0.15) is 32.1 Å². The third-order valence-electron chi connectivity index (χ3n) is 5.80. The Hall–Kier alpha value is -3.06. The molecule has 1 heterocycles. The van der Waals surface area contributed by atoms with Crippen LogP contribution in [0.2, 0.25) is 5.02 Å². The molecule has 3 atom stereocenters. The first-order valence-electron chi connectivity index (χ1n) is 10.5. The van der Waals surface area contributed by atoms with E-state index in [1.807, 2.05) is 18.2 Å². The van der Waals surface area contributed by atoms with Crippen LogP contribution in [0.3, 0.4) is 0 Å². The van der Waals surface area contributed by atoms with Gasteiger partial charge >= 0.3 is 6.03 Å². The lowest BCUT2D eigenvalue weighted by Gasteiger charge is -2.47. The molecule has 4 rings (SSSR count). The van der Waals surface area contributed by atoms with Gasteiger partial charge in [0.15, 0.2) is 0 Å². The second-order valence-corrected chi connectivity index (χ2v) is 8.39. The summed E-state index contributed by atoms with van der Waals surface area (Å²) in [6, 6.07) is 14.4. The predicted octanol–water partition coefficient (Wildman–Crippen LogP) is 4.01. The highest BCUT2D eigenvalue weighted by Crippen LogP contribution is 2.30. The van der Waals surface area contributed by atoms with E-state index >= 15 is 0 Å². The number of nitrogens with zero attached hydrogens (tertiary/aromatic N) is 1. The van der Waals surface area contributed by atoms with E-state index in [2.05, 4.69) is 16.0 Å². The van der Waals surface area contributed by atoms with Gasteiger partial charge in [-0.1, -0.05) is 48.7 Å². The molecule has 1 saturated carbocycles. The van der Waals surface area contributed by atoms with Crippen molar-refractivity contribution in [1.29, 1.82) is 0 Å². The van der Waals surface area contributed by atoms with Crippen LogP contribution in [0.15, 0.2) is 54.6 Å². The van der Waals surface area contributed by atoms with Gasteiger partial charge in [0.1, 0.15) is 6.04 Å². The Morgan fingerprint density at radius 2 is 1.74 bits per heavy atom. The van der Waals surface area contributed by atoms with Crippen LogP contribution < -0.4 is 16.0 Å². The number of fused-ring (bicyclic) bond motifs is 1. The molecule has 0 bridgehead atoms. The van der Waals surface area contributed by atoms with Gasteiger partial charge in [-0.25, -0.2) is 4.79 Å². The van der Waals surface area contributed by atoms with E-state index in [0.717, 1.165) is 25.7 Å². The van der Waals surface area contributed by atoms with Crippen LogP contribution in [-0.4, -0.2) is 40.9 Å². The number of anilines is 2. The first-order valence-corrected chi connectivity index (χ1v) is 10.9. The largest absolute Gasteiger partial charge is 0.349 e. The van der Waals surface area contributed by atoms with Gasteiger partial charge in [-0.05, 0) is 43.2 Å². The summed E-state index contributed by atoms with van der Waals surface area (Å²) in [4.78, 5) is 40.5. The molecule has 4 amide bonds. The van der Waals surface area contributed by atoms with Gasteiger partial charge < -0.3 is 20.9 Å². The van der Waals surface area contributed by atoms with E-state index in [9.17, 15) is 14.4 Å². The molecule has 2 aromatic carbocycles. The van der Waals surface area contributed by atoms with Crippen LogP contribution >= 0.6 is 11.6 Å². The van der Waals surface area contributed by atoms with E-state index in [0.29, 0.717) is 16.4 Å². The van der Waals surface area contributed by atoms with Crippen molar-refractivity contribution >= 4 is 40.8 Å². The molecule has 31 heavy (non-hydrogen) atoms. The molecule has 2 fully saturated rings. The molecular formula is C23H25ClN4O3. The Balaban J connectivity index is 1.54. The quantitative estimate of drug-likeness (QED) is 0.670. The fourth-order valence-corrected chi connectivity index (χ4v) is 4.59. The lowest BCUT2D eigenvalue weighted by molar-refractivity contribution is -0.135. The zero-order valence-corrected chi connectivity index (χ0v) is 17.8. The molecule has 1 aliphatic carbocycles. The maximum absolute atomic E-state index is 13.2. The summed E-state index contributed by atoms with van der Waals surface area (Å²) < 4.78 is 0. The van der Waals surface area contributed by atoms with Gasteiger partial charge in [-0.2, -0.15) is 0 Å². The molecule has 7 nitrogen and oxygen atoms in total. The van der Waals surface area contributed by atoms with Crippen LogP contribution in [0.25, 0.3) is 0 Å². The maximum atomic E-state index is 13.2. The molecule has 2 aliphatic rings. The third kappa shape index (κ3) is 4.99. The standard InChI is InChI=1S/C23H25ClN4O3/c24-15-7-6-10-17(13-15)25-21(29)14-20-22(30)27-18-11-4-5-12-19(18)28(20)23(31)26-16-8-2-1-3-9-16/h1-3,6-10,13,18-20H,4-5,11-12,14H2,(H,25,29)(H,26,31)(H,27,30)/t18-,19+,20+/m0/s1. The number of hydrogen-bond donors (Lipinski definition) is 3. The third-order valence-corrected chi connectivity index (χ3v) is 6.03. The van der Waals surface area contributed by atoms with Crippen molar-refractivity contribution in [3.8, 4) is 0 Å². The topological polar surface area (TPSA) is 90.5 Å². The number of rotatable bonds is 4. The highest BCUT2D eigenvalue weighted by molar-refractivity contribution is 6.30. The van der Waals surface area contributed by atoms with Crippen molar-refractivity contribution in [2.45, 2.75) is 50.2 Å². The Kier molecular flexibility index (Phi) is 6.42. The molecular weight excluding hydrogens is 416 g/mol. The fourth-order valence-electron chi connectivity index (χ4n) is 4.40. The molecule has 0 radical (unpaired) electrons. The van der Waals surface area contributed by atoms with Gasteiger partial charge in [0.25, 0.3) is 0 Å². The highest BCUT2D eigenvalue weighted by atomic mass is 35.5. The molecule has 3 N–H and O–H groups in total. The first-order chi connectivity index (χ1) is 15.0. The minimum Gasteiger partial charge on any atom is -0.349 e. The molecule has 162 valence electrons. The molecule has 1 aliphatic heterocycles. The SMILES string of the molecule is O=C(C[C@@H]1C(=O)N[C@H]2CCCC[C@H]2N1C(=O)Nc1ccccc1)Nc1cccc(Cl)c1. The van der Waals surface area contributed by atoms with Gasteiger partial charge in [0.05, 0.1) is 12.5 Å². The van der Waals surface area contributed by atoms with E-state index in [4.69, 9.17) is 11.6 Å². The number of carbonyl (C=O) groups excluding carboxylic acids is 3. The van der Waals surface area contributed by atoms with Crippen LogP contribution in [-0.2, 0) is 9.59 Å². The monoisotopic (exact) mass is 440 g/mol. The van der Waals surface area contributed by atoms with Crippen molar-refractivity contribution in [3.05, 3.63) is 59.6 Å². The minimum atomic E-state index is -0.887. The van der Waals surface area contributed by atoms with Crippen LogP contribution in [0.5, 0.6) is 0 Å². The Bertz CT molecular complexity index is 968. The normalized spacial score (nSPS) is 22.8. The molecule has 8 heteroatoms. The van der Waals surface area contributed by atoms with E-state index in [-0.39, 0.29) is 36.3 Å². The summed E-state index contributed by atoms with van der Waals surface area (Å²) in [6.45, 7) is 0. The Labute approximate surface area is 186 Å². The highest BCUT2D eigenvalue weighted by Gasteiger charge is 2.46. The number of benzene rings is 2. The van der Waals surface area contributed by atoms with Gasteiger partial charge in [-0.3, -0.25) is 9.59 Å². The number of halogens is 1. The minimum absolute atomic E-state index is 0.0879. The van der Waals surface area contributed by atoms with Crippen LogP contribution in [0.4, 0.5) is 16.2 Å². The Morgan fingerprint density at radius 3 is 2.52 bits per heavy atom. The van der Waals surface area contributed by atoms with E-state index in [1.54, 1.807) is 41.3 Å². The summed E-state index contributed by atoms with van der Waals surface area (Å²) in [5.41, 5.74) is 1.19. The van der Waals surface area contributed by atoms with Gasteiger partial charge in [0.2, 0.25) is 11.8 Å². The molecule has 1 saturated heterocycles. The zero-order chi connectivity index (χ0) is 21.8. The number of para-hydroxylation sites is 1. The summed E-state index contributed by atoms with van der Waals surface area (Å²) in [5, 5.41) is 9.19. The Morgan fingerprint density at radius 1 is 1.00 bits per heavy atom. The van der Waals surface area contributed by atoms with Crippen molar-refractivity contribution in [2.75, 3.05) is 10.6 Å². The molecule has 0 spiro atoms. The number of piperazine rings is 1. The molecule has 0 aromatic heterocycles. The predicted molar refractivity (Wildman–Crippen MR) is 120 cm³/mol. The maximum Gasteiger partial charge on any atom is 0.322 e. The summed E-state index contributed by atoms with van der Waals surface area (Å²) in [5.74, 6) is -0.651. The van der Waals surface area contributed by atoms with Crippen molar-refractivity contribution in [1.82, 2.24) is 10.2 Å². The average Bonchev–Trinajstić information content (AvgIpc) is 2.75. The fraction of sp³-hybridized carbons (Fsp3) is 0.348. The molecule has 2 aromatic rings.